The molecule has 0 N–H and O–H groups in total. The van der Waals surface area contributed by atoms with Crippen molar-refractivity contribution < 1.29 is 13.9 Å². The third-order valence-corrected chi connectivity index (χ3v) is 4.20. The van der Waals surface area contributed by atoms with Crippen molar-refractivity contribution in [3.63, 3.8) is 0 Å². The highest BCUT2D eigenvalue weighted by Gasteiger charge is 2.25. The second-order valence-electron chi connectivity index (χ2n) is 4.64. The third kappa shape index (κ3) is 2.87. The van der Waals surface area contributed by atoms with E-state index in [0.717, 1.165) is 9.79 Å². The van der Waals surface area contributed by atoms with Gasteiger partial charge in [0.15, 0.2) is 6.29 Å². The maximum atomic E-state index is 14.1. The second-order valence-corrected chi connectivity index (χ2v) is 5.76. The smallest absolute Gasteiger partial charge is 0.187 e. The molecule has 4 heteroatoms. The van der Waals surface area contributed by atoms with Gasteiger partial charge in [-0.05, 0) is 31.2 Å². The van der Waals surface area contributed by atoms with Crippen LogP contribution in [0.4, 0.5) is 4.39 Å². The molecule has 0 atom stereocenters. The molecule has 0 radical (unpaired) electrons. The maximum Gasteiger partial charge on any atom is 0.187 e. The monoisotopic (exact) mass is 290 g/mol. The van der Waals surface area contributed by atoms with Gasteiger partial charge < -0.3 is 9.47 Å². The van der Waals surface area contributed by atoms with Gasteiger partial charge in [-0.3, -0.25) is 0 Å². The lowest BCUT2D eigenvalue weighted by molar-refractivity contribution is -0.0484. The Hall–Kier alpha value is -1.36. The lowest BCUT2D eigenvalue weighted by Crippen LogP contribution is -2.03. The average molecular weight is 290 g/mol. The molecule has 0 saturated carbocycles. The normalized spacial score (nSPS) is 15.7. The van der Waals surface area contributed by atoms with Gasteiger partial charge in [0.2, 0.25) is 0 Å². The van der Waals surface area contributed by atoms with Crippen LogP contribution in [0.25, 0.3) is 0 Å². The van der Waals surface area contributed by atoms with Crippen LogP contribution in [0.15, 0.2) is 52.3 Å². The van der Waals surface area contributed by atoms with Crippen molar-refractivity contribution in [2.75, 3.05) is 13.2 Å². The summed E-state index contributed by atoms with van der Waals surface area (Å²) < 4.78 is 25.0. The zero-order valence-corrected chi connectivity index (χ0v) is 12.0. The minimum absolute atomic E-state index is 0.283. The van der Waals surface area contributed by atoms with Gasteiger partial charge in [0, 0.05) is 9.79 Å². The van der Waals surface area contributed by atoms with Gasteiger partial charge in [0.25, 0.3) is 0 Å². The summed E-state index contributed by atoms with van der Waals surface area (Å²) in [6.07, 6.45) is -0.593. The summed E-state index contributed by atoms with van der Waals surface area (Å²) in [4.78, 5) is 1.90. The van der Waals surface area contributed by atoms with Gasteiger partial charge >= 0.3 is 0 Å². The van der Waals surface area contributed by atoms with Crippen LogP contribution in [0, 0.1) is 12.7 Å². The van der Waals surface area contributed by atoms with E-state index < -0.39 is 6.29 Å². The van der Waals surface area contributed by atoms with E-state index in [2.05, 4.69) is 0 Å². The molecule has 1 saturated heterocycles. The first-order valence-electron chi connectivity index (χ1n) is 6.50. The van der Waals surface area contributed by atoms with E-state index in [-0.39, 0.29) is 5.82 Å². The van der Waals surface area contributed by atoms with E-state index in [4.69, 9.17) is 9.47 Å². The molecule has 2 aromatic rings. The second kappa shape index (κ2) is 5.95. The Bertz CT molecular complexity index is 592. The standard InChI is InChI=1S/C16H15FO2S/c1-11-5-7-12(8-6-11)20-14-4-2-3-13(17)15(14)16-18-9-10-19-16/h2-8,16H,9-10H2,1H3. The molecule has 0 aliphatic carbocycles. The van der Waals surface area contributed by atoms with Gasteiger partial charge in [-0.2, -0.15) is 0 Å². The zero-order valence-electron chi connectivity index (χ0n) is 11.1. The molecule has 0 bridgehead atoms. The molecular formula is C16H15FO2S. The highest BCUT2D eigenvalue weighted by Crippen LogP contribution is 2.37. The molecule has 0 spiro atoms. The van der Waals surface area contributed by atoms with Gasteiger partial charge in [-0.15, -0.1) is 0 Å². The van der Waals surface area contributed by atoms with E-state index in [1.54, 1.807) is 6.07 Å². The molecule has 0 amide bonds. The summed E-state index contributed by atoms with van der Waals surface area (Å²) in [6.45, 7) is 3.06. The number of halogens is 1. The fourth-order valence-corrected chi connectivity index (χ4v) is 3.07. The fourth-order valence-electron chi connectivity index (χ4n) is 2.09. The van der Waals surface area contributed by atoms with Crippen molar-refractivity contribution in [2.24, 2.45) is 0 Å². The molecule has 1 fully saturated rings. The number of ether oxygens (including phenoxy) is 2. The largest absolute Gasteiger partial charge is 0.346 e. The van der Waals surface area contributed by atoms with Gasteiger partial charge in [0.1, 0.15) is 5.82 Å². The molecule has 3 rings (SSSR count). The predicted octanol–water partition coefficient (Wildman–Crippen LogP) is 4.33. The number of hydrogen-bond donors (Lipinski definition) is 0. The Morgan fingerprint density at radius 2 is 1.75 bits per heavy atom. The van der Waals surface area contributed by atoms with Gasteiger partial charge in [0.05, 0.1) is 18.8 Å². The fraction of sp³-hybridized carbons (Fsp3) is 0.250. The molecule has 2 aromatic carbocycles. The van der Waals surface area contributed by atoms with Crippen LogP contribution in [-0.2, 0) is 9.47 Å². The first kappa shape index (κ1) is 13.6. The Morgan fingerprint density at radius 3 is 2.45 bits per heavy atom. The first-order valence-corrected chi connectivity index (χ1v) is 7.32. The SMILES string of the molecule is Cc1ccc(Sc2cccc(F)c2C2OCCO2)cc1. The van der Waals surface area contributed by atoms with Crippen LogP contribution < -0.4 is 0 Å². The zero-order chi connectivity index (χ0) is 13.9. The van der Waals surface area contributed by atoms with Crippen LogP contribution in [0.1, 0.15) is 17.4 Å². The molecule has 0 aromatic heterocycles. The number of hydrogen-bond acceptors (Lipinski definition) is 3. The minimum atomic E-state index is -0.593. The van der Waals surface area contributed by atoms with Crippen LogP contribution in [0.5, 0.6) is 0 Å². The Morgan fingerprint density at radius 1 is 1.05 bits per heavy atom. The highest BCUT2D eigenvalue weighted by molar-refractivity contribution is 7.99. The topological polar surface area (TPSA) is 18.5 Å². The summed E-state index contributed by atoms with van der Waals surface area (Å²) in [5, 5.41) is 0. The van der Waals surface area contributed by atoms with Crippen LogP contribution >= 0.6 is 11.8 Å². The molecule has 20 heavy (non-hydrogen) atoms. The molecule has 1 aliphatic heterocycles. The van der Waals surface area contributed by atoms with Gasteiger partial charge in [-0.25, -0.2) is 4.39 Å². The predicted molar refractivity (Wildman–Crippen MR) is 76.3 cm³/mol. The summed E-state index contributed by atoms with van der Waals surface area (Å²) in [5.41, 5.74) is 1.70. The Balaban J connectivity index is 1.92. The van der Waals surface area contributed by atoms with Crippen molar-refractivity contribution >= 4 is 11.8 Å². The van der Waals surface area contributed by atoms with Crippen LogP contribution in [0.2, 0.25) is 0 Å². The van der Waals surface area contributed by atoms with E-state index in [0.29, 0.717) is 18.8 Å². The molecular weight excluding hydrogens is 275 g/mol. The molecule has 2 nitrogen and oxygen atoms in total. The molecule has 1 aliphatic rings. The Kier molecular flexibility index (Phi) is 4.05. The lowest BCUT2D eigenvalue weighted by atomic mass is 10.2. The number of benzene rings is 2. The van der Waals surface area contributed by atoms with E-state index in [1.165, 1.54) is 23.4 Å². The van der Waals surface area contributed by atoms with Crippen LogP contribution in [0.3, 0.4) is 0 Å². The summed E-state index contributed by atoms with van der Waals surface area (Å²) >= 11 is 1.52. The average Bonchev–Trinajstić information content (AvgIpc) is 2.95. The summed E-state index contributed by atoms with van der Waals surface area (Å²) in [5.74, 6) is -0.283. The highest BCUT2D eigenvalue weighted by atomic mass is 32.2. The van der Waals surface area contributed by atoms with E-state index in [1.807, 2.05) is 37.3 Å². The maximum absolute atomic E-state index is 14.1. The Labute approximate surface area is 121 Å². The van der Waals surface area contributed by atoms with Gasteiger partial charge in [-0.1, -0.05) is 35.5 Å². The number of rotatable bonds is 3. The van der Waals surface area contributed by atoms with E-state index in [9.17, 15) is 4.39 Å². The molecule has 0 unspecified atom stereocenters. The van der Waals surface area contributed by atoms with Crippen molar-refractivity contribution in [1.29, 1.82) is 0 Å². The van der Waals surface area contributed by atoms with Crippen LogP contribution in [-0.4, -0.2) is 13.2 Å². The third-order valence-electron chi connectivity index (χ3n) is 3.12. The van der Waals surface area contributed by atoms with Crippen molar-refractivity contribution in [1.82, 2.24) is 0 Å². The first-order chi connectivity index (χ1) is 9.74. The molecule has 1 heterocycles. The van der Waals surface area contributed by atoms with Crippen molar-refractivity contribution in [3.8, 4) is 0 Å². The van der Waals surface area contributed by atoms with E-state index >= 15 is 0 Å². The summed E-state index contributed by atoms with van der Waals surface area (Å²) in [6, 6.07) is 13.2. The number of aryl methyl sites for hydroxylation is 1. The molecule has 104 valence electrons. The summed E-state index contributed by atoms with van der Waals surface area (Å²) in [7, 11) is 0. The lowest BCUT2D eigenvalue weighted by Gasteiger charge is -2.15. The quantitative estimate of drug-likeness (QED) is 0.838. The van der Waals surface area contributed by atoms with Crippen molar-refractivity contribution in [3.05, 3.63) is 59.4 Å². The minimum Gasteiger partial charge on any atom is -0.346 e. The van der Waals surface area contributed by atoms with Crippen molar-refractivity contribution in [2.45, 2.75) is 23.0 Å².